The van der Waals surface area contributed by atoms with Crippen LogP contribution < -0.4 is 0 Å². The van der Waals surface area contributed by atoms with E-state index in [0.29, 0.717) is 0 Å². The Labute approximate surface area is 101 Å². The highest BCUT2D eigenvalue weighted by atomic mass is 32.2. The summed E-state index contributed by atoms with van der Waals surface area (Å²) < 4.78 is 13.0. The number of nitro groups is 1. The molecule has 1 unspecified atom stereocenters. The fourth-order valence-corrected chi connectivity index (χ4v) is 2.34. The lowest BCUT2D eigenvalue weighted by Crippen LogP contribution is -2.06. The summed E-state index contributed by atoms with van der Waals surface area (Å²) in [6.45, 7) is 1.62. The largest absolute Gasteiger partial charge is 0.481 e. The molecule has 7 heteroatoms. The van der Waals surface area contributed by atoms with Crippen LogP contribution in [0.5, 0.6) is 0 Å². The van der Waals surface area contributed by atoms with E-state index in [2.05, 4.69) is 0 Å². The van der Waals surface area contributed by atoms with E-state index in [-0.39, 0.29) is 22.3 Å². The zero-order chi connectivity index (χ0) is 13.0. The van der Waals surface area contributed by atoms with Gasteiger partial charge in [0, 0.05) is 11.3 Å². The van der Waals surface area contributed by atoms with Crippen LogP contribution in [0.25, 0.3) is 0 Å². The van der Waals surface area contributed by atoms with Crippen LogP contribution in [0.1, 0.15) is 13.3 Å². The van der Waals surface area contributed by atoms with Crippen LogP contribution in [0, 0.1) is 15.9 Å². The van der Waals surface area contributed by atoms with E-state index in [4.69, 9.17) is 5.11 Å². The first kappa shape index (κ1) is 13.4. The Morgan fingerprint density at radius 1 is 1.65 bits per heavy atom. The van der Waals surface area contributed by atoms with E-state index >= 15 is 0 Å². The van der Waals surface area contributed by atoms with Gasteiger partial charge in [-0.25, -0.2) is 4.39 Å². The Morgan fingerprint density at radius 3 is 2.82 bits per heavy atom. The van der Waals surface area contributed by atoms with Crippen LogP contribution in [0.2, 0.25) is 0 Å². The van der Waals surface area contributed by atoms with E-state index < -0.39 is 16.7 Å². The maximum atomic E-state index is 13.0. The van der Waals surface area contributed by atoms with Gasteiger partial charge >= 0.3 is 5.97 Å². The number of carboxylic acid groups (broad SMARTS) is 1. The molecule has 0 aliphatic carbocycles. The molecule has 0 fully saturated rings. The van der Waals surface area contributed by atoms with Crippen molar-refractivity contribution in [2.45, 2.75) is 23.5 Å². The van der Waals surface area contributed by atoms with Crippen molar-refractivity contribution in [3.63, 3.8) is 0 Å². The number of carboxylic acids is 1. The Kier molecular flexibility index (Phi) is 4.45. The van der Waals surface area contributed by atoms with Gasteiger partial charge in [0.1, 0.15) is 5.82 Å². The standard InChI is InChI=1S/C10H10FNO4S/c1-6(4-10(13)14)17-9-5-7(11)2-3-8(9)12(15)16/h2-3,5-6H,4H2,1H3,(H,13,14). The molecule has 0 saturated carbocycles. The molecule has 1 aromatic rings. The number of hydrogen-bond donors (Lipinski definition) is 1. The summed E-state index contributed by atoms with van der Waals surface area (Å²) in [5, 5.41) is 18.9. The molecule has 0 amide bonds. The minimum atomic E-state index is -0.996. The fourth-order valence-electron chi connectivity index (χ4n) is 1.24. The summed E-state index contributed by atoms with van der Waals surface area (Å²) in [6.07, 6.45) is -0.141. The lowest BCUT2D eigenvalue weighted by atomic mass is 10.3. The van der Waals surface area contributed by atoms with Crippen molar-refractivity contribution in [1.29, 1.82) is 0 Å². The summed E-state index contributed by atoms with van der Waals surface area (Å²) in [4.78, 5) is 20.7. The van der Waals surface area contributed by atoms with Crippen LogP contribution in [0.3, 0.4) is 0 Å². The van der Waals surface area contributed by atoms with Crippen molar-refractivity contribution in [1.82, 2.24) is 0 Å². The Bertz CT molecular complexity index is 452. The predicted octanol–water partition coefficient (Wildman–Crippen LogP) is 2.69. The highest BCUT2D eigenvalue weighted by Gasteiger charge is 2.18. The molecule has 0 heterocycles. The van der Waals surface area contributed by atoms with Crippen molar-refractivity contribution in [2.75, 3.05) is 0 Å². The topological polar surface area (TPSA) is 80.4 Å². The van der Waals surface area contributed by atoms with Crippen LogP contribution in [-0.4, -0.2) is 21.2 Å². The number of nitro benzene ring substituents is 1. The third kappa shape index (κ3) is 4.03. The van der Waals surface area contributed by atoms with E-state index in [9.17, 15) is 19.3 Å². The number of thioether (sulfide) groups is 1. The maximum Gasteiger partial charge on any atom is 0.304 e. The second kappa shape index (κ2) is 5.62. The molecule has 0 saturated heterocycles. The fraction of sp³-hybridized carbons (Fsp3) is 0.300. The number of aliphatic carboxylic acids is 1. The third-order valence-corrected chi connectivity index (χ3v) is 3.06. The van der Waals surface area contributed by atoms with E-state index in [0.717, 1.165) is 30.0 Å². The maximum absolute atomic E-state index is 13.0. The van der Waals surface area contributed by atoms with E-state index in [1.165, 1.54) is 0 Å². The first-order valence-electron chi connectivity index (χ1n) is 4.72. The SMILES string of the molecule is CC(CC(=O)O)Sc1cc(F)ccc1[N+](=O)[O-]. The molecule has 0 radical (unpaired) electrons. The highest BCUT2D eigenvalue weighted by molar-refractivity contribution is 8.00. The van der Waals surface area contributed by atoms with Gasteiger partial charge in [-0.3, -0.25) is 14.9 Å². The second-order valence-corrected chi connectivity index (χ2v) is 4.88. The minimum absolute atomic E-state index is 0.141. The van der Waals surface area contributed by atoms with Gasteiger partial charge in [0.15, 0.2) is 0 Å². The molecule has 0 aliphatic heterocycles. The van der Waals surface area contributed by atoms with Gasteiger partial charge in [0.2, 0.25) is 0 Å². The Balaban J connectivity index is 2.92. The zero-order valence-corrected chi connectivity index (χ0v) is 9.74. The van der Waals surface area contributed by atoms with Gasteiger partial charge in [0.05, 0.1) is 16.2 Å². The lowest BCUT2D eigenvalue weighted by Gasteiger charge is -2.08. The average molecular weight is 259 g/mol. The second-order valence-electron chi connectivity index (χ2n) is 3.40. The van der Waals surface area contributed by atoms with Crippen LogP contribution >= 0.6 is 11.8 Å². The Hall–Kier alpha value is -1.63. The zero-order valence-electron chi connectivity index (χ0n) is 8.92. The number of benzene rings is 1. The normalized spacial score (nSPS) is 12.1. The molecular formula is C10H10FNO4S. The Morgan fingerprint density at radius 2 is 2.29 bits per heavy atom. The quantitative estimate of drug-likeness (QED) is 0.499. The molecule has 17 heavy (non-hydrogen) atoms. The summed E-state index contributed by atoms with van der Waals surface area (Å²) in [5.74, 6) is -1.58. The van der Waals surface area contributed by atoms with Gasteiger partial charge in [-0.1, -0.05) is 6.92 Å². The van der Waals surface area contributed by atoms with Gasteiger partial charge in [-0.2, -0.15) is 0 Å². The summed E-state index contributed by atoms with van der Waals surface area (Å²) in [5.41, 5.74) is -0.214. The number of halogens is 1. The molecule has 0 aliphatic rings. The molecule has 1 atom stereocenters. The van der Waals surface area contributed by atoms with Crippen LogP contribution in [0.4, 0.5) is 10.1 Å². The summed E-state index contributed by atoms with van der Waals surface area (Å²) >= 11 is 0.979. The molecule has 0 bridgehead atoms. The van der Waals surface area contributed by atoms with Crippen LogP contribution in [-0.2, 0) is 4.79 Å². The van der Waals surface area contributed by atoms with E-state index in [1.54, 1.807) is 6.92 Å². The number of hydrogen-bond acceptors (Lipinski definition) is 4. The van der Waals surface area contributed by atoms with Crippen molar-refractivity contribution >= 4 is 23.4 Å². The predicted molar refractivity (Wildman–Crippen MR) is 60.6 cm³/mol. The third-order valence-electron chi connectivity index (χ3n) is 1.91. The average Bonchev–Trinajstić information content (AvgIpc) is 2.15. The molecule has 1 aromatic carbocycles. The first-order chi connectivity index (χ1) is 7.90. The number of nitrogens with zero attached hydrogens (tertiary/aromatic N) is 1. The molecule has 0 spiro atoms. The van der Waals surface area contributed by atoms with Gasteiger partial charge in [-0.15, -0.1) is 11.8 Å². The molecular weight excluding hydrogens is 249 g/mol. The molecule has 0 aromatic heterocycles. The van der Waals surface area contributed by atoms with Gasteiger partial charge < -0.3 is 5.11 Å². The smallest absolute Gasteiger partial charge is 0.304 e. The molecule has 1 N–H and O–H groups in total. The van der Waals surface area contributed by atoms with Crippen molar-refractivity contribution in [3.8, 4) is 0 Å². The number of rotatable bonds is 5. The minimum Gasteiger partial charge on any atom is -0.481 e. The van der Waals surface area contributed by atoms with Crippen molar-refractivity contribution in [2.24, 2.45) is 0 Å². The van der Waals surface area contributed by atoms with Crippen LogP contribution in [0.15, 0.2) is 23.1 Å². The summed E-state index contributed by atoms with van der Waals surface area (Å²) in [7, 11) is 0. The highest BCUT2D eigenvalue weighted by Crippen LogP contribution is 2.33. The van der Waals surface area contributed by atoms with Crippen molar-refractivity contribution < 1.29 is 19.2 Å². The summed E-state index contributed by atoms with van der Waals surface area (Å²) in [6, 6.07) is 3.12. The van der Waals surface area contributed by atoms with Gasteiger partial charge in [0.25, 0.3) is 5.69 Å². The monoisotopic (exact) mass is 259 g/mol. The lowest BCUT2D eigenvalue weighted by molar-refractivity contribution is -0.387. The molecule has 92 valence electrons. The van der Waals surface area contributed by atoms with Gasteiger partial charge in [-0.05, 0) is 12.1 Å². The first-order valence-corrected chi connectivity index (χ1v) is 5.60. The number of carbonyl (C=O) groups is 1. The van der Waals surface area contributed by atoms with Crippen molar-refractivity contribution in [3.05, 3.63) is 34.1 Å². The molecule has 5 nitrogen and oxygen atoms in total. The molecule has 1 rings (SSSR count). The van der Waals surface area contributed by atoms with E-state index in [1.807, 2.05) is 0 Å².